The quantitative estimate of drug-likeness (QED) is 0.0398. The summed E-state index contributed by atoms with van der Waals surface area (Å²) in [5, 5.41) is 6.50. The number of aromatic nitrogens is 2. The van der Waals surface area contributed by atoms with E-state index in [-0.39, 0.29) is 0 Å². The Balaban J connectivity index is 2.37. The van der Waals surface area contributed by atoms with Gasteiger partial charge in [-0.2, -0.15) is 0 Å². The van der Waals surface area contributed by atoms with Gasteiger partial charge in [0.2, 0.25) is 0 Å². The van der Waals surface area contributed by atoms with E-state index in [2.05, 4.69) is 10.4 Å². The summed E-state index contributed by atoms with van der Waals surface area (Å²) in [6.45, 7) is 9.29. The lowest BCUT2D eigenvalue weighted by atomic mass is 9.27. The fourth-order valence-corrected chi connectivity index (χ4v) is 5.18. The monoisotopic (exact) mass is 736 g/mol. The van der Waals surface area contributed by atoms with Crippen molar-refractivity contribution < 1.29 is 75.2 Å². The van der Waals surface area contributed by atoms with Gasteiger partial charge in [0.25, 0.3) is 6.35 Å². The summed E-state index contributed by atoms with van der Waals surface area (Å²) in [7, 11) is 0. The van der Waals surface area contributed by atoms with Gasteiger partial charge < -0.3 is 4.76 Å². The van der Waals surface area contributed by atoms with Crippen molar-refractivity contribution >= 4 is 28.7 Å². The van der Waals surface area contributed by atoms with E-state index in [0.717, 1.165) is 0 Å². The van der Waals surface area contributed by atoms with Crippen LogP contribution in [0.3, 0.4) is 0 Å². The van der Waals surface area contributed by atoms with Crippen molar-refractivity contribution in [1.29, 1.82) is 0 Å². The van der Waals surface area contributed by atoms with Crippen LogP contribution in [-0.4, -0.2) is 10.9 Å². The topological polar surface area (TPSA) is 42.8 Å². The first kappa shape index (κ1) is 38.1. The molecule has 0 amide bonds. The van der Waals surface area contributed by atoms with E-state index in [1.807, 2.05) is 0 Å². The fraction of sp³-hybridized carbons (Fsp3) is 0.276. The van der Waals surface area contributed by atoms with E-state index in [1.54, 1.807) is 41.5 Å². The highest BCUT2D eigenvalue weighted by atomic mass is 19.2. The Bertz CT molecular complexity index is 1800. The molecule has 0 aliphatic rings. The molecule has 0 saturated carbocycles. The molecule has 50 heavy (non-hydrogen) atoms. The molecule has 0 aliphatic heterocycles. The predicted molar refractivity (Wildman–Crippen MR) is 144 cm³/mol. The lowest BCUT2D eigenvalue weighted by Gasteiger charge is -2.40. The third kappa shape index (κ3) is 5.63. The van der Waals surface area contributed by atoms with Gasteiger partial charge >= 0.3 is 5.95 Å². The van der Waals surface area contributed by atoms with Crippen molar-refractivity contribution in [2.24, 2.45) is 10.4 Å². The predicted octanol–water partition coefficient (Wildman–Crippen LogP) is 7.05. The molecule has 0 N–H and O–H groups in total. The van der Waals surface area contributed by atoms with Gasteiger partial charge in [-0.05, 0) is 41.5 Å². The minimum Gasteiger partial charge on any atom is -0.574 e. The van der Waals surface area contributed by atoms with E-state index in [9.17, 15) is 39.5 Å². The fourth-order valence-electron chi connectivity index (χ4n) is 5.18. The molecule has 21 heteroatoms. The number of hydrogen-bond donors (Lipinski definition) is 0. The summed E-state index contributed by atoms with van der Waals surface area (Å²) in [5.41, 5.74) is -10.9. The Morgan fingerprint density at radius 2 is 0.780 bits per heavy atom. The summed E-state index contributed by atoms with van der Waals surface area (Å²) in [5.74, 6) is -48.0. The normalized spacial score (nSPS) is 12.8. The Labute approximate surface area is 271 Å². The van der Waals surface area contributed by atoms with Gasteiger partial charge in [0.05, 0.1) is 33.9 Å². The number of benzene rings is 3. The molecule has 0 aliphatic carbocycles. The van der Waals surface area contributed by atoms with E-state index in [1.165, 1.54) is 21.5 Å². The summed E-state index contributed by atoms with van der Waals surface area (Å²) in [6.07, 6.45) is -3.70. The lowest BCUT2D eigenvalue weighted by molar-refractivity contribution is -0.741. The number of imidazole rings is 1. The number of nitrogens with zero attached hydrogens (tertiary/aromatic N) is 4. The summed E-state index contributed by atoms with van der Waals surface area (Å²) in [6, 6.07) is 0. The Morgan fingerprint density at radius 1 is 0.500 bits per heavy atom. The first-order valence-electron chi connectivity index (χ1n) is 13.8. The van der Waals surface area contributed by atoms with Crippen LogP contribution < -0.4 is 21.0 Å². The van der Waals surface area contributed by atoms with Crippen LogP contribution in [-0.2, 0) is 15.8 Å². The average Bonchev–Trinajstić information content (AvgIpc) is 3.48. The van der Waals surface area contributed by atoms with Crippen molar-refractivity contribution in [3.8, 4) is 0 Å². The van der Waals surface area contributed by atoms with Crippen molar-refractivity contribution in [3.05, 3.63) is 99.7 Å². The van der Waals surface area contributed by atoms with Gasteiger partial charge in [0.15, 0.2) is 52.4 Å². The van der Waals surface area contributed by atoms with Crippen LogP contribution in [0.4, 0.5) is 71.8 Å². The first-order chi connectivity index (χ1) is 22.8. The van der Waals surface area contributed by atoms with Gasteiger partial charge in [0.1, 0.15) is 34.9 Å². The minimum absolute atomic E-state index is 0.429. The molecule has 0 unspecified atom stereocenters. The lowest BCUT2D eigenvalue weighted by Crippen LogP contribution is -2.74. The zero-order valence-electron chi connectivity index (χ0n) is 26.1. The van der Waals surface area contributed by atoms with Crippen molar-refractivity contribution in [1.82, 2.24) is 4.57 Å². The highest BCUT2D eigenvalue weighted by Gasteiger charge is 2.52. The van der Waals surface area contributed by atoms with Crippen molar-refractivity contribution in [3.63, 3.8) is 0 Å². The maximum atomic E-state index is 15.6. The largest absolute Gasteiger partial charge is 0.574 e. The Hall–Kier alpha value is -4.72. The molecule has 0 fully saturated rings. The molecule has 0 atom stereocenters. The van der Waals surface area contributed by atoms with Gasteiger partial charge in [-0.15, -0.1) is 0 Å². The molecule has 0 spiro atoms. The Kier molecular flexibility index (Phi) is 9.57. The number of rotatable bonds is 6. The second-order valence-electron chi connectivity index (χ2n) is 12.7. The zero-order valence-corrected chi connectivity index (χ0v) is 26.1. The standard InChI is InChI=1S/C29H20BF15N4O/c1-28(2,3)48-7-8-49(29(4,5)6)27(48)46-47-50-30(9-12(31)18(37)24(43)19(38)13(9)32,10-14(33)20(39)25(44)21(40)15(10)34)11-16(35)22(41)26(45)23(42)17(11)36/h7-8H,1-6H3. The van der Waals surface area contributed by atoms with Crippen LogP contribution in [0.15, 0.2) is 22.8 Å². The molecular formula is C29H20BF15N4O. The molecular weight excluding hydrogens is 716 g/mol. The molecule has 4 rings (SSSR count). The highest BCUT2D eigenvalue weighted by Crippen LogP contribution is 2.30. The SMILES string of the molecule is CC(C)(C)n1cc[n+](C(C)(C)C)c1/N=N/O[B-](c1c(F)c(F)c(F)c(F)c1F)(c1c(F)c(F)c(F)c(F)c1F)c1c(F)c(F)c(F)c(F)c1F. The van der Waals surface area contributed by atoms with Crippen LogP contribution in [0.25, 0.3) is 0 Å². The second kappa shape index (κ2) is 12.6. The van der Waals surface area contributed by atoms with E-state index in [0.29, 0.717) is 0 Å². The molecule has 3 aromatic carbocycles. The third-order valence-corrected chi connectivity index (χ3v) is 7.53. The maximum Gasteiger partial charge on any atom is 0.425 e. The van der Waals surface area contributed by atoms with Gasteiger partial charge in [-0.3, -0.25) is 0 Å². The Morgan fingerprint density at radius 3 is 1.04 bits per heavy atom. The molecule has 270 valence electrons. The van der Waals surface area contributed by atoms with E-state index < -0.39 is 127 Å². The van der Waals surface area contributed by atoms with Crippen LogP contribution >= 0.6 is 0 Å². The van der Waals surface area contributed by atoms with Gasteiger partial charge in [0, 0.05) is 0 Å². The third-order valence-electron chi connectivity index (χ3n) is 7.53. The molecule has 5 nitrogen and oxygen atoms in total. The van der Waals surface area contributed by atoms with Gasteiger partial charge in [-0.1, -0.05) is 16.4 Å². The van der Waals surface area contributed by atoms with Crippen molar-refractivity contribution in [2.45, 2.75) is 52.6 Å². The van der Waals surface area contributed by atoms with Crippen LogP contribution in [0, 0.1) is 87.3 Å². The average molecular weight is 736 g/mol. The summed E-state index contributed by atoms with van der Waals surface area (Å²) < 4.78 is 231. The first-order valence-corrected chi connectivity index (χ1v) is 13.8. The molecule has 4 aromatic rings. The zero-order chi connectivity index (χ0) is 38.2. The number of hydrogen-bond acceptors (Lipinski definition) is 3. The summed E-state index contributed by atoms with van der Waals surface area (Å²) in [4.78, 5) is 0. The van der Waals surface area contributed by atoms with Crippen molar-refractivity contribution in [2.75, 3.05) is 0 Å². The maximum absolute atomic E-state index is 15.6. The van der Waals surface area contributed by atoms with Crippen LogP contribution in [0.1, 0.15) is 41.5 Å². The molecule has 0 saturated heterocycles. The van der Waals surface area contributed by atoms with Crippen LogP contribution in [0.2, 0.25) is 0 Å². The number of halogens is 15. The van der Waals surface area contributed by atoms with Crippen LogP contribution in [0.5, 0.6) is 0 Å². The van der Waals surface area contributed by atoms with Gasteiger partial charge in [-0.25, -0.2) is 75.0 Å². The second-order valence-corrected chi connectivity index (χ2v) is 12.7. The van der Waals surface area contributed by atoms with E-state index >= 15 is 26.3 Å². The van der Waals surface area contributed by atoms with E-state index in [4.69, 9.17) is 4.76 Å². The summed E-state index contributed by atoms with van der Waals surface area (Å²) >= 11 is 0. The minimum atomic E-state index is -6.36. The molecule has 1 aromatic heterocycles. The highest BCUT2D eigenvalue weighted by molar-refractivity contribution is 7.07. The molecule has 1 heterocycles. The smallest absolute Gasteiger partial charge is 0.425 e. The molecule has 0 bridgehead atoms. The molecule has 0 radical (unpaired) electrons.